The molecule has 5 heteroatoms. The fourth-order valence-corrected chi connectivity index (χ4v) is 1.35. The van der Waals surface area contributed by atoms with Gasteiger partial charge in [0.1, 0.15) is 9.52 Å². The van der Waals surface area contributed by atoms with Gasteiger partial charge in [0.2, 0.25) is 5.91 Å². The lowest BCUT2D eigenvalue weighted by molar-refractivity contribution is -0.111. The van der Waals surface area contributed by atoms with E-state index in [0.717, 1.165) is 3.70 Å². The number of carbonyl (C=O) groups is 1. The quantitative estimate of drug-likeness (QED) is 0.651. The summed E-state index contributed by atoms with van der Waals surface area (Å²) < 4.78 is 2.44. The van der Waals surface area contributed by atoms with Crippen LogP contribution in [0.15, 0.2) is 18.7 Å². The molecule has 12 heavy (non-hydrogen) atoms. The van der Waals surface area contributed by atoms with Crippen LogP contribution >= 0.6 is 22.6 Å². The Balaban J connectivity index is 2.81. The second kappa shape index (κ2) is 3.70. The molecule has 1 amide bonds. The molecule has 0 aliphatic rings. The highest BCUT2D eigenvalue weighted by molar-refractivity contribution is 14.1. The first kappa shape index (κ1) is 9.24. The maximum atomic E-state index is 10.9. The van der Waals surface area contributed by atoms with Gasteiger partial charge < -0.3 is 5.32 Å². The lowest BCUT2D eigenvalue weighted by Gasteiger charge is -1.99. The number of hydrogen-bond acceptors (Lipinski definition) is 2. The van der Waals surface area contributed by atoms with Crippen LogP contribution in [0, 0.1) is 3.70 Å². The molecule has 1 rings (SSSR count). The van der Waals surface area contributed by atoms with Crippen molar-refractivity contribution >= 4 is 34.3 Å². The summed E-state index contributed by atoms with van der Waals surface area (Å²) >= 11 is 2.08. The van der Waals surface area contributed by atoms with E-state index in [2.05, 4.69) is 39.6 Å². The van der Waals surface area contributed by atoms with Crippen LogP contribution in [0.2, 0.25) is 0 Å². The molecule has 1 N–H and O–H groups in total. The molecule has 0 radical (unpaired) electrons. The SMILES string of the molecule is C=CC(=O)Nc1cc(I)nn1C. The van der Waals surface area contributed by atoms with Gasteiger partial charge in [0, 0.05) is 13.1 Å². The smallest absolute Gasteiger partial charge is 0.248 e. The Labute approximate surface area is 83.8 Å². The minimum absolute atomic E-state index is 0.227. The Morgan fingerprint density at radius 1 is 1.92 bits per heavy atom. The van der Waals surface area contributed by atoms with Crippen molar-refractivity contribution in [2.45, 2.75) is 0 Å². The van der Waals surface area contributed by atoms with Crippen molar-refractivity contribution in [2.24, 2.45) is 7.05 Å². The van der Waals surface area contributed by atoms with Crippen LogP contribution in [-0.2, 0) is 11.8 Å². The monoisotopic (exact) mass is 277 g/mol. The van der Waals surface area contributed by atoms with Crippen molar-refractivity contribution in [1.29, 1.82) is 0 Å². The number of rotatable bonds is 2. The fraction of sp³-hybridized carbons (Fsp3) is 0.143. The Morgan fingerprint density at radius 3 is 3.00 bits per heavy atom. The first-order valence-corrected chi connectivity index (χ1v) is 4.34. The number of halogens is 1. The average molecular weight is 277 g/mol. The van der Waals surface area contributed by atoms with Crippen LogP contribution in [0.1, 0.15) is 0 Å². The highest BCUT2D eigenvalue weighted by Gasteiger charge is 2.03. The van der Waals surface area contributed by atoms with E-state index in [9.17, 15) is 4.79 Å². The standard InChI is InChI=1S/C7H8IN3O/c1-3-7(12)9-6-4-5(8)10-11(6)2/h3-4H,1H2,2H3,(H,9,12). The van der Waals surface area contributed by atoms with Gasteiger partial charge in [0.15, 0.2) is 0 Å². The van der Waals surface area contributed by atoms with Gasteiger partial charge in [0.25, 0.3) is 0 Å². The van der Waals surface area contributed by atoms with Crippen LogP contribution < -0.4 is 5.32 Å². The van der Waals surface area contributed by atoms with Crippen LogP contribution in [0.4, 0.5) is 5.82 Å². The molecule has 64 valence electrons. The summed E-state index contributed by atoms with van der Waals surface area (Å²) in [6.45, 7) is 3.35. The highest BCUT2D eigenvalue weighted by Crippen LogP contribution is 2.10. The molecule has 1 aromatic rings. The molecule has 0 atom stereocenters. The minimum Gasteiger partial charge on any atom is -0.307 e. The number of amides is 1. The zero-order valence-electron chi connectivity index (χ0n) is 6.54. The molecule has 0 saturated heterocycles. The summed E-state index contributed by atoms with van der Waals surface area (Å²) in [6.07, 6.45) is 1.22. The predicted molar refractivity (Wildman–Crippen MR) is 54.8 cm³/mol. The number of aromatic nitrogens is 2. The third kappa shape index (κ3) is 2.07. The number of aryl methyl sites for hydroxylation is 1. The Kier molecular flexibility index (Phi) is 2.85. The van der Waals surface area contributed by atoms with E-state index in [1.807, 2.05) is 0 Å². The molecule has 0 spiro atoms. The van der Waals surface area contributed by atoms with Gasteiger partial charge in [-0.25, -0.2) is 0 Å². The van der Waals surface area contributed by atoms with Gasteiger partial charge in [0.05, 0.1) is 0 Å². The maximum absolute atomic E-state index is 10.9. The van der Waals surface area contributed by atoms with Crippen molar-refractivity contribution in [1.82, 2.24) is 9.78 Å². The van der Waals surface area contributed by atoms with Crippen molar-refractivity contribution in [3.8, 4) is 0 Å². The zero-order valence-corrected chi connectivity index (χ0v) is 8.70. The average Bonchev–Trinajstić information content (AvgIpc) is 2.30. The molecule has 0 aromatic carbocycles. The number of anilines is 1. The highest BCUT2D eigenvalue weighted by atomic mass is 127. The summed E-state index contributed by atoms with van der Waals surface area (Å²) in [6, 6.07) is 1.78. The maximum Gasteiger partial charge on any atom is 0.248 e. The van der Waals surface area contributed by atoms with Crippen molar-refractivity contribution in [3.63, 3.8) is 0 Å². The molecule has 0 fully saturated rings. The van der Waals surface area contributed by atoms with Gasteiger partial charge in [-0.3, -0.25) is 9.48 Å². The Morgan fingerprint density at radius 2 is 2.58 bits per heavy atom. The normalized spacial score (nSPS) is 9.50. The topological polar surface area (TPSA) is 46.9 Å². The summed E-state index contributed by atoms with van der Waals surface area (Å²) in [5.74, 6) is 0.443. The van der Waals surface area contributed by atoms with E-state index in [-0.39, 0.29) is 5.91 Å². The van der Waals surface area contributed by atoms with Crippen LogP contribution in [0.3, 0.4) is 0 Å². The van der Waals surface area contributed by atoms with Crippen molar-refractivity contribution in [2.75, 3.05) is 5.32 Å². The molecule has 1 heterocycles. The molecular weight excluding hydrogens is 269 g/mol. The van der Waals surface area contributed by atoms with E-state index >= 15 is 0 Å². The summed E-state index contributed by atoms with van der Waals surface area (Å²) in [5, 5.41) is 6.67. The number of carbonyl (C=O) groups excluding carboxylic acids is 1. The first-order chi connectivity index (χ1) is 5.63. The largest absolute Gasteiger partial charge is 0.307 e. The summed E-state index contributed by atoms with van der Waals surface area (Å²) in [4.78, 5) is 10.9. The number of nitrogens with one attached hydrogen (secondary N) is 1. The van der Waals surface area contributed by atoms with E-state index < -0.39 is 0 Å². The molecule has 0 saturated carbocycles. The van der Waals surface area contributed by atoms with Crippen molar-refractivity contribution < 1.29 is 4.79 Å². The van der Waals surface area contributed by atoms with E-state index in [1.54, 1.807) is 17.8 Å². The van der Waals surface area contributed by atoms with Gasteiger partial charge in [-0.05, 0) is 28.7 Å². The van der Waals surface area contributed by atoms with Crippen LogP contribution in [0.5, 0.6) is 0 Å². The predicted octanol–water partition coefficient (Wildman–Crippen LogP) is 1.15. The molecular formula is C7H8IN3O. The van der Waals surface area contributed by atoms with Gasteiger partial charge >= 0.3 is 0 Å². The first-order valence-electron chi connectivity index (χ1n) is 3.26. The minimum atomic E-state index is -0.227. The van der Waals surface area contributed by atoms with Gasteiger partial charge in [-0.1, -0.05) is 6.58 Å². The van der Waals surface area contributed by atoms with E-state index in [1.165, 1.54) is 6.08 Å². The Hall–Kier alpha value is -0.850. The van der Waals surface area contributed by atoms with Gasteiger partial charge in [-0.2, -0.15) is 5.10 Å². The Bertz CT molecular complexity index is 318. The second-order valence-electron chi connectivity index (χ2n) is 2.17. The van der Waals surface area contributed by atoms with E-state index in [4.69, 9.17) is 0 Å². The lowest BCUT2D eigenvalue weighted by Crippen LogP contribution is -2.10. The molecule has 0 unspecified atom stereocenters. The third-order valence-electron chi connectivity index (χ3n) is 1.29. The summed E-state index contributed by atoms with van der Waals surface area (Å²) in [7, 11) is 1.76. The van der Waals surface area contributed by atoms with Crippen LogP contribution in [0.25, 0.3) is 0 Å². The zero-order chi connectivity index (χ0) is 9.14. The number of nitrogens with zero attached hydrogens (tertiary/aromatic N) is 2. The summed E-state index contributed by atoms with van der Waals surface area (Å²) in [5.41, 5.74) is 0. The lowest BCUT2D eigenvalue weighted by atomic mass is 10.5. The van der Waals surface area contributed by atoms with Crippen LogP contribution in [-0.4, -0.2) is 15.7 Å². The molecule has 0 aliphatic carbocycles. The van der Waals surface area contributed by atoms with Crippen molar-refractivity contribution in [3.05, 3.63) is 22.4 Å². The second-order valence-corrected chi connectivity index (χ2v) is 3.27. The fourth-order valence-electron chi connectivity index (χ4n) is 0.727. The third-order valence-corrected chi connectivity index (χ3v) is 1.81. The van der Waals surface area contributed by atoms with E-state index in [0.29, 0.717) is 5.82 Å². The molecule has 1 aromatic heterocycles. The van der Waals surface area contributed by atoms with Gasteiger partial charge in [-0.15, -0.1) is 0 Å². The molecule has 4 nitrogen and oxygen atoms in total. The molecule has 0 bridgehead atoms. The number of hydrogen-bond donors (Lipinski definition) is 1. The molecule has 0 aliphatic heterocycles.